The second-order valence-corrected chi connectivity index (χ2v) is 10.5. The highest BCUT2D eigenvalue weighted by molar-refractivity contribution is 5.12. The van der Waals surface area contributed by atoms with Crippen LogP contribution in [0.15, 0.2) is 0 Å². The van der Waals surface area contributed by atoms with Gasteiger partial charge in [-0.2, -0.15) is 0 Å². The fourth-order valence-corrected chi connectivity index (χ4v) is 8.16. The van der Waals surface area contributed by atoms with E-state index in [2.05, 4.69) is 27.7 Å². The third-order valence-electron chi connectivity index (χ3n) is 9.69. The smallest absolute Gasteiger partial charge is 0.0612 e. The Morgan fingerprint density at radius 3 is 2.42 bits per heavy atom. The predicted octanol–water partition coefficient (Wildman–Crippen LogP) is 4.90. The van der Waals surface area contributed by atoms with E-state index in [1.165, 1.54) is 38.5 Å². The van der Waals surface area contributed by atoms with E-state index < -0.39 is 0 Å². The quantitative estimate of drug-likeness (QED) is 0.739. The molecule has 0 aromatic rings. The van der Waals surface area contributed by atoms with E-state index in [9.17, 15) is 5.11 Å². The van der Waals surface area contributed by atoms with Crippen molar-refractivity contribution in [3.8, 4) is 0 Å². The van der Waals surface area contributed by atoms with Crippen molar-refractivity contribution >= 4 is 0 Å². The van der Waals surface area contributed by atoms with Gasteiger partial charge in [-0.3, -0.25) is 0 Å². The number of methoxy groups -OCH3 is 1. The van der Waals surface area contributed by atoms with Gasteiger partial charge in [-0.25, -0.2) is 0 Å². The van der Waals surface area contributed by atoms with Crippen LogP contribution in [0.1, 0.15) is 72.6 Å². The number of aliphatic hydroxyl groups is 1. The van der Waals surface area contributed by atoms with Gasteiger partial charge in [-0.1, -0.05) is 27.7 Å². The maximum Gasteiger partial charge on any atom is 0.0612 e. The van der Waals surface area contributed by atoms with Gasteiger partial charge >= 0.3 is 0 Å². The molecule has 24 heavy (non-hydrogen) atoms. The Morgan fingerprint density at radius 2 is 1.71 bits per heavy atom. The highest BCUT2D eigenvalue weighted by atomic mass is 16.5. The van der Waals surface area contributed by atoms with E-state index in [1.807, 2.05) is 7.11 Å². The lowest BCUT2D eigenvalue weighted by Crippen LogP contribution is -2.60. The standard InChI is InChI=1S/C22H38O2/c1-13-11-22(4)15(10-18(13)23)7-8-16-17-9-6-14(2)21(17,3)12-19(24-5)20(16)22/h13-20,23H,6-12H2,1-5H3/t13-,14+,15+,16+,17+,18+,19+,20-,21-,22+/m1/s1. The Kier molecular flexibility index (Phi) is 4.12. The third-order valence-corrected chi connectivity index (χ3v) is 9.69. The average molecular weight is 335 g/mol. The number of ether oxygens (including phenoxy) is 1. The first-order valence-electron chi connectivity index (χ1n) is 10.5. The lowest BCUT2D eigenvalue weighted by molar-refractivity contribution is -0.192. The first-order chi connectivity index (χ1) is 11.3. The van der Waals surface area contributed by atoms with Crippen LogP contribution in [0.5, 0.6) is 0 Å². The van der Waals surface area contributed by atoms with Gasteiger partial charge in [0, 0.05) is 7.11 Å². The molecule has 0 bridgehead atoms. The zero-order chi connectivity index (χ0) is 17.3. The molecule has 4 rings (SSSR count). The van der Waals surface area contributed by atoms with Crippen LogP contribution in [0, 0.1) is 46.3 Å². The van der Waals surface area contributed by atoms with E-state index in [1.54, 1.807) is 0 Å². The van der Waals surface area contributed by atoms with E-state index in [0.717, 1.165) is 24.2 Å². The van der Waals surface area contributed by atoms with E-state index in [4.69, 9.17) is 4.74 Å². The molecule has 4 fully saturated rings. The van der Waals surface area contributed by atoms with Crippen molar-refractivity contribution in [2.45, 2.75) is 84.8 Å². The van der Waals surface area contributed by atoms with Gasteiger partial charge in [0.2, 0.25) is 0 Å². The first kappa shape index (κ1) is 17.3. The summed E-state index contributed by atoms with van der Waals surface area (Å²) in [6.45, 7) is 9.88. The highest BCUT2D eigenvalue weighted by Crippen LogP contribution is 2.68. The van der Waals surface area contributed by atoms with Crippen LogP contribution in [0.25, 0.3) is 0 Å². The predicted molar refractivity (Wildman–Crippen MR) is 97.6 cm³/mol. The van der Waals surface area contributed by atoms with Crippen LogP contribution in [0.3, 0.4) is 0 Å². The second-order valence-electron chi connectivity index (χ2n) is 10.5. The Balaban J connectivity index is 1.71. The van der Waals surface area contributed by atoms with Gasteiger partial charge in [0.15, 0.2) is 0 Å². The zero-order valence-electron chi connectivity index (χ0n) is 16.4. The fourth-order valence-electron chi connectivity index (χ4n) is 8.16. The molecular formula is C22H38O2. The minimum atomic E-state index is -0.0824. The van der Waals surface area contributed by atoms with Crippen molar-refractivity contribution in [1.29, 1.82) is 0 Å². The molecule has 0 saturated heterocycles. The van der Waals surface area contributed by atoms with Crippen LogP contribution >= 0.6 is 0 Å². The molecule has 0 radical (unpaired) electrons. The van der Waals surface area contributed by atoms with Gasteiger partial charge in [0.05, 0.1) is 12.2 Å². The fraction of sp³-hybridized carbons (Fsp3) is 1.00. The van der Waals surface area contributed by atoms with Crippen LogP contribution in [-0.2, 0) is 4.74 Å². The molecule has 1 N–H and O–H groups in total. The number of fused-ring (bicyclic) bond motifs is 5. The van der Waals surface area contributed by atoms with Crippen molar-refractivity contribution < 1.29 is 9.84 Å². The number of hydrogen-bond acceptors (Lipinski definition) is 2. The summed E-state index contributed by atoms with van der Waals surface area (Å²) in [6, 6.07) is 0. The van der Waals surface area contributed by atoms with E-state index in [0.29, 0.717) is 34.7 Å². The van der Waals surface area contributed by atoms with Crippen molar-refractivity contribution in [3.63, 3.8) is 0 Å². The Bertz CT molecular complexity index is 490. The lowest BCUT2D eigenvalue weighted by atomic mass is 9.43. The summed E-state index contributed by atoms with van der Waals surface area (Å²) in [6.07, 6.45) is 9.37. The molecule has 0 amide bonds. The molecule has 2 heteroatoms. The zero-order valence-corrected chi connectivity index (χ0v) is 16.4. The molecule has 4 aliphatic rings. The topological polar surface area (TPSA) is 29.5 Å². The van der Waals surface area contributed by atoms with Gasteiger partial charge in [0.1, 0.15) is 0 Å². The highest BCUT2D eigenvalue weighted by Gasteiger charge is 2.63. The molecule has 0 aromatic carbocycles. The van der Waals surface area contributed by atoms with Gasteiger partial charge in [0.25, 0.3) is 0 Å². The number of rotatable bonds is 1. The SMILES string of the molecule is CO[C@H]1C[C@]2(C)[C@@H](C)CC[C@H]2[C@@H]2CC[C@H]3C[C@H](O)[C@H](C)C[C@]3(C)[C@H]21. The molecule has 2 nitrogen and oxygen atoms in total. The van der Waals surface area contributed by atoms with E-state index >= 15 is 0 Å². The first-order valence-corrected chi connectivity index (χ1v) is 10.5. The molecule has 0 aromatic heterocycles. The Labute approximate surface area is 148 Å². The largest absolute Gasteiger partial charge is 0.393 e. The monoisotopic (exact) mass is 334 g/mol. The van der Waals surface area contributed by atoms with Crippen molar-refractivity contribution in [2.75, 3.05) is 7.11 Å². The summed E-state index contributed by atoms with van der Waals surface area (Å²) in [5.41, 5.74) is 0.861. The minimum absolute atomic E-state index is 0.0824. The Hall–Kier alpha value is -0.0800. The summed E-state index contributed by atoms with van der Waals surface area (Å²) < 4.78 is 6.20. The molecule has 4 saturated carbocycles. The van der Waals surface area contributed by atoms with Gasteiger partial charge in [-0.15, -0.1) is 0 Å². The molecule has 0 unspecified atom stereocenters. The van der Waals surface area contributed by atoms with Gasteiger partial charge in [-0.05, 0) is 91.3 Å². The number of hydrogen-bond donors (Lipinski definition) is 1. The molecule has 0 spiro atoms. The van der Waals surface area contributed by atoms with Crippen LogP contribution in [0.4, 0.5) is 0 Å². The molecule has 138 valence electrons. The maximum atomic E-state index is 10.4. The summed E-state index contributed by atoms with van der Waals surface area (Å²) in [5.74, 6) is 4.45. The van der Waals surface area contributed by atoms with Crippen molar-refractivity contribution in [1.82, 2.24) is 0 Å². The normalized spacial score (nSPS) is 60.2. The Morgan fingerprint density at radius 1 is 0.958 bits per heavy atom. The molecular weight excluding hydrogens is 296 g/mol. The summed E-state index contributed by atoms with van der Waals surface area (Å²) in [5, 5.41) is 10.4. The number of aliphatic hydroxyl groups excluding tert-OH is 1. The minimum Gasteiger partial charge on any atom is -0.393 e. The van der Waals surface area contributed by atoms with Gasteiger partial charge < -0.3 is 9.84 Å². The maximum absolute atomic E-state index is 10.4. The lowest BCUT2D eigenvalue weighted by Gasteiger charge is -2.63. The van der Waals surface area contributed by atoms with Crippen LogP contribution in [0.2, 0.25) is 0 Å². The average Bonchev–Trinajstić information content (AvgIpc) is 2.83. The summed E-state index contributed by atoms with van der Waals surface area (Å²) >= 11 is 0. The van der Waals surface area contributed by atoms with Crippen LogP contribution in [-0.4, -0.2) is 24.4 Å². The van der Waals surface area contributed by atoms with Crippen molar-refractivity contribution in [3.05, 3.63) is 0 Å². The third kappa shape index (κ3) is 2.21. The van der Waals surface area contributed by atoms with Crippen LogP contribution < -0.4 is 0 Å². The second kappa shape index (κ2) is 5.71. The summed E-state index contributed by atoms with van der Waals surface area (Å²) in [7, 11) is 1.96. The molecule has 10 atom stereocenters. The summed E-state index contributed by atoms with van der Waals surface area (Å²) in [4.78, 5) is 0. The van der Waals surface area contributed by atoms with Crippen molar-refractivity contribution in [2.24, 2.45) is 46.3 Å². The molecule has 0 aliphatic heterocycles. The van der Waals surface area contributed by atoms with E-state index in [-0.39, 0.29) is 6.10 Å². The molecule has 4 aliphatic carbocycles. The molecule has 0 heterocycles.